The number of pyridine rings is 1. The highest BCUT2D eigenvalue weighted by Crippen LogP contribution is 2.29. The number of aryl methyl sites for hydroxylation is 1. The molecule has 1 aliphatic carbocycles. The number of likely N-dealkylation sites (tertiary alicyclic amines) is 1. The number of anilines is 1. The van der Waals surface area contributed by atoms with Crippen LogP contribution in [0.25, 0.3) is 0 Å². The normalized spacial score (nSPS) is 20.4. The summed E-state index contributed by atoms with van der Waals surface area (Å²) in [5.41, 5.74) is 1.06. The topological polar surface area (TPSA) is 65.5 Å². The van der Waals surface area contributed by atoms with E-state index in [2.05, 4.69) is 10.3 Å². The van der Waals surface area contributed by atoms with E-state index in [0.29, 0.717) is 18.4 Å². The van der Waals surface area contributed by atoms with Gasteiger partial charge in [0, 0.05) is 32.3 Å². The predicted molar refractivity (Wildman–Crippen MR) is 88.1 cm³/mol. The molecule has 2 heterocycles. The van der Waals surface area contributed by atoms with Gasteiger partial charge < -0.3 is 9.80 Å². The molecule has 3 rings (SSSR count). The van der Waals surface area contributed by atoms with Gasteiger partial charge in [-0.15, -0.1) is 0 Å². The van der Waals surface area contributed by atoms with Crippen LogP contribution in [-0.2, 0) is 4.79 Å². The van der Waals surface area contributed by atoms with Gasteiger partial charge in [0.2, 0.25) is 5.91 Å². The number of aromatic nitrogens is 1. The lowest BCUT2D eigenvalue weighted by Crippen LogP contribution is -2.46. The van der Waals surface area contributed by atoms with Crippen LogP contribution in [0.15, 0.2) is 18.3 Å². The summed E-state index contributed by atoms with van der Waals surface area (Å²) in [6.45, 7) is 4.96. The van der Waals surface area contributed by atoms with Gasteiger partial charge >= 0.3 is 6.03 Å². The molecule has 0 radical (unpaired) electrons. The summed E-state index contributed by atoms with van der Waals surface area (Å²) in [6.07, 6.45) is 5.85. The van der Waals surface area contributed by atoms with Crippen LogP contribution in [-0.4, -0.2) is 51.9 Å². The summed E-state index contributed by atoms with van der Waals surface area (Å²) in [7, 11) is 0. The molecule has 1 aromatic heterocycles. The van der Waals surface area contributed by atoms with E-state index in [0.717, 1.165) is 37.8 Å². The maximum atomic E-state index is 12.5. The molecule has 2 aliphatic rings. The highest BCUT2D eigenvalue weighted by atomic mass is 16.2. The summed E-state index contributed by atoms with van der Waals surface area (Å²) >= 11 is 0. The number of carbonyl (C=O) groups is 2. The van der Waals surface area contributed by atoms with Crippen molar-refractivity contribution in [2.45, 2.75) is 51.6 Å². The second kappa shape index (κ2) is 6.56. The molecule has 6 nitrogen and oxygen atoms in total. The van der Waals surface area contributed by atoms with E-state index in [-0.39, 0.29) is 18.0 Å². The van der Waals surface area contributed by atoms with E-state index in [1.807, 2.05) is 28.9 Å². The van der Waals surface area contributed by atoms with Crippen LogP contribution in [0, 0.1) is 6.92 Å². The second-order valence-electron chi connectivity index (χ2n) is 6.54. The fourth-order valence-electron chi connectivity index (χ4n) is 3.16. The number of urea groups is 1. The van der Waals surface area contributed by atoms with Crippen molar-refractivity contribution in [2.24, 2.45) is 0 Å². The molecular weight excluding hydrogens is 292 g/mol. The molecule has 0 spiro atoms. The third-order valence-corrected chi connectivity index (χ3v) is 4.58. The summed E-state index contributed by atoms with van der Waals surface area (Å²) in [4.78, 5) is 32.3. The van der Waals surface area contributed by atoms with Gasteiger partial charge in [-0.2, -0.15) is 0 Å². The van der Waals surface area contributed by atoms with E-state index in [1.165, 1.54) is 0 Å². The van der Waals surface area contributed by atoms with Crippen molar-refractivity contribution in [3.8, 4) is 0 Å². The maximum absolute atomic E-state index is 12.5. The molecule has 6 heteroatoms. The Kier molecular flexibility index (Phi) is 4.50. The van der Waals surface area contributed by atoms with Crippen molar-refractivity contribution in [1.29, 1.82) is 0 Å². The van der Waals surface area contributed by atoms with Gasteiger partial charge in [0.05, 0.1) is 6.04 Å². The Balaban J connectivity index is 1.62. The molecule has 1 aliphatic heterocycles. The first kappa shape index (κ1) is 15.8. The average Bonchev–Trinajstić information content (AvgIpc) is 3.24. The SMILES string of the molecule is CC(=O)N(CC1CCCN1C(=O)Nc1ccc(C)cn1)C1CC1. The van der Waals surface area contributed by atoms with Crippen LogP contribution >= 0.6 is 0 Å². The standard InChI is InChI=1S/C17H24N4O2/c1-12-5-8-16(18-10-12)19-17(23)20-9-3-4-15(20)11-21(13(2)22)14-6-7-14/h5,8,10,14-15H,3-4,6-7,9,11H2,1-2H3,(H,18,19,23). The number of rotatable bonds is 4. The Hall–Kier alpha value is -2.11. The highest BCUT2D eigenvalue weighted by Gasteiger charge is 2.36. The van der Waals surface area contributed by atoms with Crippen LogP contribution in [0.2, 0.25) is 0 Å². The third kappa shape index (κ3) is 3.81. The molecular formula is C17H24N4O2. The van der Waals surface area contributed by atoms with Crippen molar-refractivity contribution in [2.75, 3.05) is 18.4 Å². The molecule has 1 unspecified atom stereocenters. The summed E-state index contributed by atoms with van der Waals surface area (Å²) in [5, 5.41) is 2.86. The van der Waals surface area contributed by atoms with Crippen LogP contribution in [0.1, 0.15) is 38.2 Å². The molecule has 1 aromatic rings. The molecule has 1 atom stereocenters. The number of nitrogens with one attached hydrogen (secondary N) is 1. The van der Waals surface area contributed by atoms with Crippen LogP contribution < -0.4 is 5.32 Å². The van der Waals surface area contributed by atoms with Crippen molar-refractivity contribution < 1.29 is 9.59 Å². The van der Waals surface area contributed by atoms with Gasteiger partial charge in [-0.3, -0.25) is 10.1 Å². The van der Waals surface area contributed by atoms with E-state index in [9.17, 15) is 9.59 Å². The Labute approximate surface area is 136 Å². The first-order chi connectivity index (χ1) is 11.0. The monoisotopic (exact) mass is 316 g/mol. The molecule has 1 saturated carbocycles. The fraction of sp³-hybridized carbons (Fsp3) is 0.588. The maximum Gasteiger partial charge on any atom is 0.323 e. The minimum atomic E-state index is -0.122. The Morgan fingerprint density at radius 3 is 2.74 bits per heavy atom. The minimum Gasteiger partial charge on any atom is -0.338 e. The average molecular weight is 316 g/mol. The summed E-state index contributed by atoms with van der Waals surface area (Å²) in [6, 6.07) is 4.10. The molecule has 3 amide bonds. The minimum absolute atomic E-state index is 0.102. The highest BCUT2D eigenvalue weighted by molar-refractivity contribution is 5.88. The van der Waals surface area contributed by atoms with Crippen LogP contribution in [0.4, 0.5) is 10.6 Å². The smallest absolute Gasteiger partial charge is 0.323 e. The van der Waals surface area contributed by atoms with Crippen molar-refractivity contribution in [3.63, 3.8) is 0 Å². The van der Waals surface area contributed by atoms with E-state index < -0.39 is 0 Å². The molecule has 1 N–H and O–H groups in total. The molecule has 1 saturated heterocycles. The molecule has 23 heavy (non-hydrogen) atoms. The first-order valence-corrected chi connectivity index (χ1v) is 8.32. The fourth-order valence-corrected chi connectivity index (χ4v) is 3.16. The van der Waals surface area contributed by atoms with Crippen molar-refractivity contribution in [1.82, 2.24) is 14.8 Å². The molecule has 0 aromatic carbocycles. The zero-order valence-corrected chi connectivity index (χ0v) is 13.8. The number of carbonyl (C=O) groups excluding carboxylic acids is 2. The van der Waals surface area contributed by atoms with Gasteiger partial charge in [-0.25, -0.2) is 9.78 Å². The lowest BCUT2D eigenvalue weighted by molar-refractivity contribution is -0.130. The summed E-state index contributed by atoms with van der Waals surface area (Å²) in [5.74, 6) is 0.678. The second-order valence-corrected chi connectivity index (χ2v) is 6.54. The number of hydrogen-bond acceptors (Lipinski definition) is 3. The van der Waals surface area contributed by atoms with Gasteiger partial charge in [-0.05, 0) is 44.2 Å². The predicted octanol–water partition coefficient (Wildman–Crippen LogP) is 2.40. The first-order valence-electron chi connectivity index (χ1n) is 8.32. The molecule has 0 bridgehead atoms. The van der Waals surface area contributed by atoms with Gasteiger partial charge in [0.1, 0.15) is 5.82 Å². The van der Waals surface area contributed by atoms with Crippen molar-refractivity contribution in [3.05, 3.63) is 23.9 Å². The Morgan fingerprint density at radius 1 is 1.35 bits per heavy atom. The van der Waals surface area contributed by atoms with Gasteiger partial charge in [0.15, 0.2) is 0 Å². The summed E-state index contributed by atoms with van der Waals surface area (Å²) < 4.78 is 0. The lowest BCUT2D eigenvalue weighted by atomic mass is 10.2. The van der Waals surface area contributed by atoms with Crippen molar-refractivity contribution >= 4 is 17.8 Å². The third-order valence-electron chi connectivity index (χ3n) is 4.58. The Bertz CT molecular complexity index is 583. The van der Waals surface area contributed by atoms with E-state index in [1.54, 1.807) is 13.1 Å². The lowest BCUT2D eigenvalue weighted by Gasteiger charge is -2.30. The van der Waals surface area contributed by atoms with Gasteiger partial charge in [0.25, 0.3) is 0 Å². The number of hydrogen-bond donors (Lipinski definition) is 1. The zero-order valence-electron chi connectivity index (χ0n) is 13.8. The van der Waals surface area contributed by atoms with Crippen LogP contribution in [0.5, 0.6) is 0 Å². The van der Waals surface area contributed by atoms with E-state index in [4.69, 9.17) is 0 Å². The van der Waals surface area contributed by atoms with Crippen LogP contribution in [0.3, 0.4) is 0 Å². The van der Waals surface area contributed by atoms with Gasteiger partial charge in [-0.1, -0.05) is 6.07 Å². The molecule has 124 valence electrons. The largest absolute Gasteiger partial charge is 0.338 e. The molecule has 2 fully saturated rings. The quantitative estimate of drug-likeness (QED) is 0.927. The number of amides is 3. The number of nitrogens with zero attached hydrogens (tertiary/aromatic N) is 3. The van der Waals surface area contributed by atoms with E-state index >= 15 is 0 Å². The Morgan fingerprint density at radius 2 is 2.13 bits per heavy atom. The zero-order chi connectivity index (χ0) is 16.4.